The molecule has 0 atom stereocenters. The highest BCUT2D eigenvalue weighted by Crippen LogP contribution is 2.22. The fourth-order valence-corrected chi connectivity index (χ4v) is 1.66. The lowest BCUT2D eigenvalue weighted by Crippen LogP contribution is -2.47. The molecule has 4 heteroatoms. The van der Waals surface area contributed by atoms with Crippen LogP contribution in [0.25, 0.3) is 0 Å². The number of amides is 2. The monoisotopic (exact) mass is 252 g/mol. The van der Waals surface area contributed by atoms with E-state index >= 15 is 0 Å². The molecule has 2 N–H and O–H groups in total. The average Bonchev–Trinajstić information content (AvgIpc) is 2.26. The van der Waals surface area contributed by atoms with Gasteiger partial charge in [-0.3, -0.25) is 0 Å². The van der Waals surface area contributed by atoms with Crippen LogP contribution < -0.4 is 10.6 Å². The van der Waals surface area contributed by atoms with E-state index in [0.717, 1.165) is 0 Å². The highest BCUT2D eigenvalue weighted by molar-refractivity contribution is 5.75. The van der Waals surface area contributed by atoms with Gasteiger partial charge in [0, 0.05) is 12.1 Å². The molecule has 2 amide bonds. The van der Waals surface area contributed by atoms with Crippen molar-refractivity contribution in [1.82, 2.24) is 10.6 Å². The molecule has 0 aromatic heterocycles. The standard InChI is InChI=1S/C14H21FN2O/c1-10(2)9-16-13(18)17-14(3,4)11-7-5-6-8-12(11)15/h5-8,10H,9H2,1-4H3,(H2,16,17,18). The topological polar surface area (TPSA) is 41.1 Å². The zero-order chi connectivity index (χ0) is 13.8. The highest BCUT2D eigenvalue weighted by Gasteiger charge is 2.25. The summed E-state index contributed by atoms with van der Waals surface area (Å²) in [6, 6.07) is 6.18. The Labute approximate surface area is 108 Å². The Bertz CT molecular complexity index is 416. The van der Waals surface area contributed by atoms with Crippen LogP contribution in [0.2, 0.25) is 0 Å². The molecule has 0 unspecified atom stereocenters. The summed E-state index contributed by atoms with van der Waals surface area (Å²) in [5, 5.41) is 5.53. The zero-order valence-corrected chi connectivity index (χ0v) is 11.4. The molecule has 1 aromatic carbocycles. The van der Waals surface area contributed by atoms with Crippen molar-refractivity contribution in [2.45, 2.75) is 33.2 Å². The Balaban J connectivity index is 2.70. The summed E-state index contributed by atoms with van der Waals surface area (Å²) in [5.74, 6) is 0.0685. The van der Waals surface area contributed by atoms with Crippen molar-refractivity contribution in [3.63, 3.8) is 0 Å². The third kappa shape index (κ3) is 4.02. The third-order valence-corrected chi connectivity index (χ3v) is 2.64. The molecule has 0 aliphatic heterocycles. The number of benzene rings is 1. The van der Waals surface area contributed by atoms with Gasteiger partial charge >= 0.3 is 6.03 Å². The van der Waals surface area contributed by atoms with Crippen molar-refractivity contribution in [2.24, 2.45) is 5.92 Å². The van der Waals surface area contributed by atoms with Crippen LogP contribution in [0.5, 0.6) is 0 Å². The lowest BCUT2D eigenvalue weighted by Gasteiger charge is -2.27. The third-order valence-electron chi connectivity index (χ3n) is 2.64. The van der Waals surface area contributed by atoms with Crippen molar-refractivity contribution in [2.75, 3.05) is 6.54 Å². The Morgan fingerprint density at radius 3 is 2.50 bits per heavy atom. The summed E-state index contributed by atoms with van der Waals surface area (Å²) in [7, 11) is 0. The average molecular weight is 252 g/mol. The molecule has 1 aromatic rings. The van der Waals surface area contributed by atoms with Gasteiger partial charge in [-0.2, -0.15) is 0 Å². The maximum Gasteiger partial charge on any atom is 0.315 e. The fraction of sp³-hybridized carbons (Fsp3) is 0.500. The highest BCUT2D eigenvalue weighted by atomic mass is 19.1. The number of hydrogen-bond donors (Lipinski definition) is 2. The molecular formula is C14H21FN2O. The predicted molar refractivity (Wildman–Crippen MR) is 70.8 cm³/mol. The maximum atomic E-state index is 13.7. The number of carbonyl (C=O) groups excluding carboxylic acids is 1. The van der Waals surface area contributed by atoms with E-state index in [-0.39, 0.29) is 11.8 Å². The van der Waals surface area contributed by atoms with Crippen LogP contribution in [0.3, 0.4) is 0 Å². The van der Waals surface area contributed by atoms with E-state index in [4.69, 9.17) is 0 Å². The van der Waals surface area contributed by atoms with Gasteiger partial charge in [-0.15, -0.1) is 0 Å². The molecule has 0 heterocycles. The first-order valence-corrected chi connectivity index (χ1v) is 6.14. The molecule has 0 saturated heterocycles. The Morgan fingerprint density at radius 1 is 1.33 bits per heavy atom. The molecule has 0 aliphatic rings. The number of nitrogens with one attached hydrogen (secondary N) is 2. The normalized spacial score (nSPS) is 11.4. The van der Waals surface area contributed by atoms with Crippen molar-refractivity contribution in [3.05, 3.63) is 35.6 Å². The summed E-state index contributed by atoms with van der Waals surface area (Å²) < 4.78 is 13.7. The van der Waals surface area contributed by atoms with Crippen LogP contribution in [-0.2, 0) is 5.54 Å². The van der Waals surface area contributed by atoms with E-state index in [0.29, 0.717) is 18.0 Å². The van der Waals surface area contributed by atoms with Crippen molar-refractivity contribution >= 4 is 6.03 Å². The number of urea groups is 1. The maximum absolute atomic E-state index is 13.7. The van der Waals surface area contributed by atoms with E-state index in [1.165, 1.54) is 6.07 Å². The number of carbonyl (C=O) groups is 1. The van der Waals surface area contributed by atoms with Gasteiger partial charge in [-0.25, -0.2) is 9.18 Å². The van der Waals surface area contributed by atoms with E-state index < -0.39 is 5.54 Å². The second kappa shape index (κ2) is 5.85. The summed E-state index contributed by atoms with van der Waals surface area (Å²) in [6.45, 7) is 8.19. The molecular weight excluding hydrogens is 231 g/mol. The number of hydrogen-bond acceptors (Lipinski definition) is 1. The van der Waals surface area contributed by atoms with Crippen LogP contribution in [0, 0.1) is 11.7 Å². The molecule has 0 spiro atoms. The van der Waals surface area contributed by atoms with Crippen molar-refractivity contribution < 1.29 is 9.18 Å². The fourth-order valence-electron chi connectivity index (χ4n) is 1.66. The minimum Gasteiger partial charge on any atom is -0.338 e. The first kappa shape index (κ1) is 14.5. The van der Waals surface area contributed by atoms with Crippen LogP contribution >= 0.6 is 0 Å². The minimum absolute atomic E-state index is 0.281. The molecule has 0 aliphatic carbocycles. The van der Waals surface area contributed by atoms with Crippen molar-refractivity contribution in [3.8, 4) is 0 Å². The van der Waals surface area contributed by atoms with Gasteiger partial charge in [-0.05, 0) is 25.8 Å². The van der Waals surface area contributed by atoms with Gasteiger partial charge in [0.2, 0.25) is 0 Å². The smallest absolute Gasteiger partial charge is 0.315 e. The van der Waals surface area contributed by atoms with Crippen LogP contribution in [-0.4, -0.2) is 12.6 Å². The number of halogens is 1. The lowest BCUT2D eigenvalue weighted by atomic mass is 9.94. The molecule has 3 nitrogen and oxygen atoms in total. The Kier molecular flexibility index (Phi) is 4.70. The first-order chi connectivity index (χ1) is 8.33. The minimum atomic E-state index is -0.744. The van der Waals surface area contributed by atoms with E-state index in [2.05, 4.69) is 10.6 Å². The summed E-state index contributed by atoms with van der Waals surface area (Å²) in [5.41, 5.74) is -0.267. The molecule has 100 valence electrons. The van der Waals surface area contributed by atoms with Gasteiger partial charge < -0.3 is 10.6 Å². The second-order valence-electron chi connectivity index (χ2n) is 5.33. The van der Waals surface area contributed by atoms with Gasteiger partial charge in [-0.1, -0.05) is 32.0 Å². The molecule has 0 saturated carbocycles. The zero-order valence-electron chi connectivity index (χ0n) is 11.4. The predicted octanol–water partition coefficient (Wildman–Crippen LogP) is 3.02. The SMILES string of the molecule is CC(C)CNC(=O)NC(C)(C)c1ccccc1F. The van der Waals surface area contributed by atoms with Crippen LogP contribution in [0.1, 0.15) is 33.3 Å². The summed E-state index contributed by atoms with van der Waals surface area (Å²) in [6.07, 6.45) is 0. The lowest BCUT2D eigenvalue weighted by molar-refractivity contribution is 0.228. The molecule has 0 radical (unpaired) electrons. The van der Waals surface area contributed by atoms with Gasteiger partial charge in [0.25, 0.3) is 0 Å². The van der Waals surface area contributed by atoms with Gasteiger partial charge in [0.1, 0.15) is 5.82 Å². The van der Waals surface area contributed by atoms with E-state index in [9.17, 15) is 9.18 Å². The van der Waals surface area contributed by atoms with Crippen molar-refractivity contribution in [1.29, 1.82) is 0 Å². The van der Waals surface area contributed by atoms with Crippen LogP contribution in [0.15, 0.2) is 24.3 Å². The molecule has 0 bridgehead atoms. The number of rotatable bonds is 4. The van der Waals surface area contributed by atoms with E-state index in [1.54, 1.807) is 32.0 Å². The van der Waals surface area contributed by atoms with Gasteiger partial charge in [0.15, 0.2) is 0 Å². The molecule has 1 rings (SSSR count). The van der Waals surface area contributed by atoms with Crippen LogP contribution in [0.4, 0.5) is 9.18 Å². The quantitative estimate of drug-likeness (QED) is 0.849. The van der Waals surface area contributed by atoms with Gasteiger partial charge in [0.05, 0.1) is 5.54 Å². The first-order valence-electron chi connectivity index (χ1n) is 6.14. The molecule has 0 fully saturated rings. The Morgan fingerprint density at radius 2 is 1.94 bits per heavy atom. The molecule has 18 heavy (non-hydrogen) atoms. The Hall–Kier alpha value is -1.58. The van der Waals surface area contributed by atoms with E-state index in [1.807, 2.05) is 13.8 Å². The largest absolute Gasteiger partial charge is 0.338 e. The summed E-state index contributed by atoms with van der Waals surface area (Å²) >= 11 is 0. The summed E-state index contributed by atoms with van der Waals surface area (Å²) in [4.78, 5) is 11.7. The second-order valence-corrected chi connectivity index (χ2v) is 5.33.